The Morgan fingerprint density at radius 1 is 1.21 bits per heavy atom. The summed E-state index contributed by atoms with van der Waals surface area (Å²) < 4.78 is 4.99. The molecule has 104 valence electrons. The van der Waals surface area contributed by atoms with Gasteiger partial charge >= 0.3 is 5.97 Å². The van der Waals surface area contributed by atoms with Crippen molar-refractivity contribution in [2.45, 2.75) is 33.6 Å². The van der Waals surface area contributed by atoms with Crippen molar-refractivity contribution in [3.05, 3.63) is 29.8 Å². The summed E-state index contributed by atoms with van der Waals surface area (Å²) in [5.41, 5.74) is 2.29. The van der Waals surface area contributed by atoms with Crippen LogP contribution in [-0.2, 0) is 4.74 Å². The molecule has 0 spiro atoms. The van der Waals surface area contributed by atoms with Gasteiger partial charge in [-0.1, -0.05) is 13.8 Å². The molecule has 1 aromatic rings. The van der Waals surface area contributed by atoms with Gasteiger partial charge in [0.25, 0.3) is 0 Å². The minimum absolute atomic E-state index is 0.242. The number of carbonyl (C=O) groups excluding carboxylic acids is 1. The number of esters is 1. The van der Waals surface area contributed by atoms with Crippen molar-refractivity contribution in [3.63, 3.8) is 0 Å². The van der Waals surface area contributed by atoms with Crippen molar-refractivity contribution in [3.8, 4) is 0 Å². The summed E-state index contributed by atoms with van der Waals surface area (Å²) in [7, 11) is 0. The lowest BCUT2D eigenvalue weighted by Crippen LogP contribution is -2.37. The molecule has 0 N–H and O–H groups in total. The number of nitrogens with zero attached hydrogens (tertiary/aromatic N) is 1. The Bertz CT molecular complexity index is 427. The van der Waals surface area contributed by atoms with Crippen LogP contribution in [0.2, 0.25) is 0 Å². The third-order valence-electron chi connectivity index (χ3n) is 3.86. The molecule has 1 fully saturated rings. The Balaban J connectivity index is 2.01. The number of anilines is 1. The van der Waals surface area contributed by atoms with Crippen LogP contribution in [0.15, 0.2) is 24.3 Å². The lowest BCUT2D eigenvalue weighted by atomic mass is 9.82. The van der Waals surface area contributed by atoms with Gasteiger partial charge in [-0.25, -0.2) is 4.79 Å². The fraction of sp³-hybridized carbons (Fsp3) is 0.562. The van der Waals surface area contributed by atoms with E-state index in [1.165, 1.54) is 18.5 Å². The van der Waals surface area contributed by atoms with E-state index in [0.29, 0.717) is 17.6 Å². The molecular weight excluding hydrogens is 238 g/mol. The van der Waals surface area contributed by atoms with Crippen molar-refractivity contribution in [2.75, 3.05) is 24.6 Å². The first-order valence-electron chi connectivity index (χ1n) is 7.04. The van der Waals surface area contributed by atoms with E-state index in [9.17, 15) is 4.79 Å². The summed E-state index contributed by atoms with van der Waals surface area (Å²) in [5, 5.41) is 0. The van der Waals surface area contributed by atoms with Crippen LogP contribution in [0.25, 0.3) is 0 Å². The second-order valence-corrected chi connectivity index (χ2v) is 5.92. The average Bonchev–Trinajstić information content (AvgIpc) is 2.39. The molecule has 0 unspecified atom stereocenters. The largest absolute Gasteiger partial charge is 0.462 e. The van der Waals surface area contributed by atoms with Crippen LogP contribution in [0.3, 0.4) is 0 Å². The SMILES string of the molecule is CCOC(=O)c1ccc(N2CCC(C)(C)CC2)cc1. The zero-order valence-electron chi connectivity index (χ0n) is 12.1. The van der Waals surface area contributed by atoms with Gasteiger partial charge in [-0.2, -0.15) is 0 Å². The van der Waals surface area contributed by atoms with Crippen molar-refractivity contribution in [2.24, 2.45) is 5.41 Å². The van der Waals surface area contributed by atoms with Gasteiger partial charge in [0.05, 0.1) is 12.2 Å². The minimum atomic E-state index is -0.242. The maximum Gasteiger partial charge on any atom is 0.338 e. The summed E-state index contributed by atoms with van der Waals surface area (Å²) in [5.74, 6) is -0.242. The highest BCUT2D eigenvalue weighted by molar-refractivity contribution is 5.89. The Morgan fingerprint density at radius 3 is 2.32 bits per heavy atom. The van der Waals surface area contributed by atoms with Crippen molar-refractivity contribution in [1.29, 1.82) is 0 Å². The predicted molar refractivity (Wildman–Crippen MR) is 77.6 cm³/mol. The zero-order valence-corrected chi connectivity index (χ0v) is 12.1. The van der Waals surface area contributed by atoms with Crippen LogP contribution in [-0.4, -0.2) is 25.7 Å². The van der Waals surface area contributed by atoms with Crippen LogP contribution >= 0.6 is 0 Å². The number of ether oxygens (including phenoxy) is 1. The van der Waals surface area contributed by atoms with Gasteiger partial charge in [0.15, 0.2) is 0 Å². The van der Waals surface area contributed by atoms with Gasteiger partial charge < -0.3 is 9.64 Å². The molecule has 1 heterocycles. The van der Waals surface area contributed by atoms with E-state index in [-0.39, 0.29) is 5.97 Å². The van der Waals surface area contributed by atoms with Crippen molar-refractivity contribution < 1.29 is 9.53 Å². The lowest BCUT2D eigenvalue weighted by Gasteiger charge is -2.38. The third-order valence-corrected chi connectivity index (χ3v) is 3.86. The number of hydrogen-bond acceptors (Lipinski definition) is 3. The summed E-state index contributed by atoms with van der Waals surface area (Å²) >= 11 is 0. The molecule has 0 aromatic heterocycles. The first-order valence-corrected chi connectivity index (χ1v) is 7.04. The van der Waals surface area contributed by atoms with Gasteiger partial charge in [-0.15, -0.1) is 0 Å². The molecule has 0 atom stereocenters. The predicted octanol–water partition coefficient (Wildman–Crippen LogP) is 3.49. The van der Waals surface area contributed by atoms with E-state index in [2.05, 4.69) is 18.7 Å². The van der Waals surface area contributed by atoms with E-state index in [0.717, 1.165) is 13.1 Å². The van der Waals surface area contributed by atoms with E-state index in [1.54, 1.807) is 0 Å². The monoisotopic (exact) mass is 261 g/mol. The highest BCUT2D eigenvalue weighted by Crippen LogP contribution is 2.32. The highest BCUT2D eigenvalue weighted by atomic mass is 16.5. The van der Waals surface area contributed by atoms with Crippen molar-refractivity contribution >= 4 is 11.7 Å². The molecule has 0 amide bonds. The van der Waals surface area contributed by atoms with Gasteiger partial charge in [-0.3, -0.25) is 0 Å². The molecule has 0 saturated carbocycles. The van der Waals surface area contributed by atoms with Gasteiger partial charge in [0.1, 0.15) is 0 Å². The first kappa shape index (κ1) is 13.9. The molecule has 3 heteroatoms. The topological polar surface area (TPSA) is 29.5 Å². The summed E-state index contributed by atoms with van der Waals surface area (Å²) in [4.78, 5) is 14.0. The zero-order chi connectivity index (χ0) is 13.9. The second-order valence-electron chi connectivity index (χ2n) is 5.92. The number of piperidine rings is 1. The highest BCUT2D eigenvalue weighted by Gasteiger charge is 2.25. The minimum Gasteiger partial charge on any atom is -0.462 e. The van der Waals surface area contributed by atoms with E-state index >= 15 is 0 Å². The van der Waals surface area contributed by atoms with Crippen LogP contribution in [0.1, 0.15) is 44.0 Å². The fourth-order valence-corrected chi connectivity index (χ4v) is 2.39. The normalized spacial score (nSPS) is 18.2. The maximum atomic E-state index is 11.6. The van der Waals surface area contributed by atoms with Crippen LogP contribution < -0.4 is 4.90 Å². The molecule has 1 aromatic carbocycles. The molecule has 1 aliphatic rings. The third kappa shape index (κ3) is 3.49. The standard InChI is InChI=1S/C16H23NO2/c1-4-19-15(18)13-5-7-14(8-6-13)17-11-9-16(2,3)10-12-17/h5-8H,4,9-12H2,1-3H3. The van der Waals surface area contributed by atoms with Crippen LogP contribution in [0.4, 0.5) is 5.69 Å². The number of benzene rings is 1. The van der Waals surface area contributed by atoms with Crippen LogP contribution in [0, 0.1) is 5.41 Å². The molecule has 0 bridgehead atoms. The number of rotatable bonds is 3. The fourth-order valence-electron chi connectivity index (χ4n) is 2.39. The Labute approximate surface area is 115 Å². The lowest BCUT2D eigenvalue weighted by molar-refractivity contribution is 0.0526. The van der Waals surface area contributed by atoms with E-state index in [4.69, 9.17) is 4.74 Å². The Kier molecular flexibility index (Phi) is 4.13. The summed E-state index contributed by atoms with van der Waals surface area (Å²) in [6.07, 6.45) is 2.43. The second kappa shape index (κ2) is 5.64. The van der Waals surface area contributed by atoms with Crippen LogP contribution in [0.5, 0.6) is 0 Å². The smallest absolute Gasteiger partial charge is 0.338 e. The van der Waals surface area contributed by atoms with E-state index < -0.39 is 0 Å². The average molecular weight is 261 g/mol. The molecule has 0 aliphatic carbocycles. The van der Waals surface area contributed by atoms with E-state index in [1.807, 2.05) is 31.2 Å². The van der Waals surface area contributed by atoms with Crippen molar-refractivity contribution in [1.82, 2.24) is 0 Å². The summed E-state index contributed by atoms with van der Waals surface area (Å²) in [6.45, 7) is 9.07. The Hall–Kier alpha value is -1.51. The first-order chi connectivity index (χ1) is 9.02. The van der Waals surface area contributed by atoms with Gasteiger partial charge in [0, 0.05) is 18.8 Å². The van der Waals surface area contributed by atoms with Gasteiger partial charge in [-0.05, 0) is 49.4 Å². The molecule has 1 saturated heterocycles. The molecule has 0 radical (unpaired) electrons. The Morgan fingerprint density at radius 2 is 1.79 bits per heavy atom. The molecule has 2 rings (SSSR count). The number of carbonyl (C=O) groups is 1. The maximum absolute atomic E-state index is 11.6. The molecular formula is C16H23NO2. The quantitative estimate of drug-likeness (QED) is 0.780. The number of hydrogen-bond donors (Lipinski definition) is 0. The van der Waals surface area contributed by atoms with Gasteiger partial charge in [0.2, 0.25) is 0 Å². The molecule has 3 nitrogen and oxygen atoms in total. The molecule has 1 aliphatic heterocycles. The molecule has 19 heavy (non-hydrogen) atoms. The summed E-state index contributed by atoms with van der Waals surface area (Å²) in [6, 6.07) is 7.75.